The Morgan fingerprint density at radius 2 is 2.19 bits per heavy atom. The van der Waals surface area contributed by atoms with E-state index in [1.807, 2.05) is 12.3 Å². The normalized spacial score (nSPS) is 15.8. The molecular formula is C13H24N4O2S2. The van der Waals surface area contributed by atoms with Crippen LogP contribution in [0.1, 0.15) is 30.0 Å². The van der Waals surface area contributed by atoms with Crippen LogP contribution in [0.3, 0.4) is 0 Å². The van der Waals surface area contributed by atoms with Crippen LogP contribution >= 0.6 is 11.3 Å². The van der Waals surface area contributed by atoms with Crippen molar-refractivity contribution in [2.24, 2.45) is 0 Å². The minimum atomic E-state index is -3.38. The quantitative estimate of drug-likeness (QED) is 0.625. The number of nitrogens with zero attached hydrogens (tertiary/aromatic N) is 2. The number of rotatable bonds is 10. The molecule has 21 heavy (non-hydrogen) atoms. The van der Waals surface area contributed by atoms with Gasteiger partial charge in [0, 0.05) is 38.0 Å². The lowest BCUT2D eigenvalue weighted by Crippen LogP contribution is -2.40. The molecule has 0 atom stereocenters. The third-order valence-electron chi connectivity index (χ3n) is 3.40. The lowest BCUT2D eigenvalue weighted by atomic mass is 10.3. The molecule has 0 spiro atoms. The molecule has 1 saturated carbocycles. The highest BCUT2D eigenvalue weighted by Gasteiger charge is 2.20. The van der Waals surface area contributed by atoms with Gasteiger partial charge in [0.2, 0.25) is 0 Å². The van der Waals surface area contributed by atoms with Crippen LogP contribution in [-0.2, 0) is 16.6 Å². The molecule has 120 valence electrons. The van der Waals surface area contributed by atoms with Gasteiger partial charge in [-0.2, -0.15) is 12.7 Å². The summed E-state index contributed by atoms with van der Waals surface area (Å²) in [6.45, 7) is 3.74. The molecule has 1 aliphatic carbocycles. The van der Waals surface area contributed by atoms with Crippen LogP contribution in [-0.4, -0.2) is 50.4 Å². The summed E-state index contributed by atoms with van der Waals surface area (Å²) in [5, 5.41) is 6.36. The molecule has 1 aromatic rings. The average Bonchev–Trinajstić information content (AvgIpc) is 3.16. The Kier molecular flexibility index (Phi) is 6.12. The number of aryl methyl sites for hydroxylation is 1. The van der Waals surface area contributed by atoms with Crippen molar-refractivity contribution < 1.29 is 8.42 Å². The van der Waals surface area contributed by atoms with Gasteiger partial charge in [-0.1, -0.05) is 0 Å². The maximum atomic E-state index is 12.0. The van der Waals surface area contributed by atoms with Gasteiger partial charge in [0.25, 0.3) is 10.2 Å². The minimum absolute atomic E-state index is 0.385. The third-order valence-corrected chi connectivity index (χ3v) is 5.80. The fraction of sp³-hybridized carbons (Fsp3) is 0.769. The largest absolute Gasteiger partial charge is 0.314 e. The average molecular weight is 332 g/mol. The molecule has 1 aliphatic rings. The molecule has 2 rings (SSSR count). The first kappa shape index (κ1) is 16.8. The van der Waals surface area contributed by atoms with Gasteiger partial charge in [0.05, 0.1) is 10.7 Å². The molecule has 1 fully saturated rings. The topological polar surface area (TPSA) is 74.3 Å². The number of thiazole rings is 1. The summed E-state index contributed by atoms with van der Waals surface area (Å²) in [5.41, 5.74) is 0.941. The Morgan fingerprint density at radius 1 is 1.43 bits per heavy atom. The smallest absolute Gasteiger partial charge is 0.279 e. The van der Waals surface area contributed by atoms with Gasteiger partial charge < -0.3 is 5.32 Å². The zero-order valence-corrected chi connectivity index (χ0v) is 14.3. The van der Waals surface area contributed by atoms with Gasteiger partial charge in [-0.3, -0.25) is 0 Å². The van der Waals surface area contributed by atoms with E-state index in [1.54, 1.807) is 18.4 Å². The second-order valence-electron chi connectivity index (χ2n) is 5.41. The number of aromatic nitrogens is 1. The zero-order chi connectivity index (χ0) is 15.3. The fourth-order valence-corrected chi connectivity index (χ4v) is 3.55. The molecule has 0 aliphatic heterocycles. The van der Waals surface area contributed by atoms with Crippen molar-refractivity contribution in [2.75, 3.05) is 26.7 Å². The van der Waals surface area contributed by atoms with E-state index in [-0.39, 0.29) is 0 Å². The summed E-state index contributed by atoms with van der Waals surface area (Å²) >= 11 is 1.58. The van der Waals surface area contributed by atoms with Gasteiger partial charge in [-0.05, 0) is 32.7 Å². The molecule has 0 saturated heterocycles. The van der Waals surface area contributed by atoms with Crippen LogP contribution < -0.4 is 10.0 Å². The molecular weight excluding hydrogens is 308 g/mol. The van der Waals surface area contributed by atoms with E-state index < -0.39 is 10.2 Å². The number of hydrogen-bond donors (Lipinski definition) is 2. The van der Waals surface area contributed by atoms with Crippen molar-refractivity contribution in [2.45, 2.75) is 38.6 Å². The Hall–Kier alpha value is -0.540. The van der Waals surface area contributed by atoms with Crippen LogP contribution in [0.5, 0.6) is 0 Å². The second-order valence-corrected chi connectivity index (χ2v) is 8.34. The standard InChI is InChI=1S/C13H24N4O2S2/c1-11-16-13(10-20-11)6-8-15-21(18,19)17(2)9-3-7-14-12-4-5-12/h10,12,14-15H,3-9H2,1-2H3. The van der Waals surface area contributed by atoms with Crippen molar-refractivity contribution in [1.82, 2.24) is 19.3 Å². The van der Waals surface area contributed by atoms with Crippen molar-refractivity contribution in [3.63, 3.8) is 0 Å². The molecule has 6 nitrogen and oxygen atoms in total. The molecule has 1 aromatic heterocycles. The predicted molar refractivity (Wildman–Crippen MR) is 85.7 cm³/mol. The van der Waals surface area contributed by atoms with E-state index in [9.17, 15) is 8.42 Å². The maximum Gasteiger partial charge on any atom is 0.279 e. The highest BCUT2D eigenvalue weighted by molar-refractivity contribution is 7.87. The summed E-state index contributed by atoms with van der Waals surface area (Å²) in [7, 11) is -1.76. The Balaban J connectivity index is 1.64. The van der Waals surface area contributed by atoms with E-state index in [4.69, 9.17) is 0 Å². The number of nitrogens with one attached hydrogen (secondary N) is 2. The minimum Gasteiger partial charge on any atom is -0.314 e. The molecule has 2 N–H and O–H groups in total. The zero-order valence-electron chi connectivity index (χ0n) is 12.6. The fourth-order valence-electron chi connectivity index (χ4n) is 1.96. The monoisotopic (exact) mass is 332 g/mol. The first-order chi connectivity index (χ1) is 9.97. The van der Waals surface area contributed by atoms with Gasteiger partial charge in [-0.25, -0.2) is 9.71 Å². The lowest BCUT2D eigenvalue weighted by Gasteiger charge is -2.17. The van der Waals surface area contributed by atoms with Crippen molar-refractivity contribution in [3.8, 4) is 0 Å². The Labute approximate surface area is 131 Å². The summed E-state index contributed by atoms with van der Waals surface area (Å²) in [5.74, 6) is 0. The van der Waals surface area contributed by atoms with Crippen molar-refractivity contribution in [3.05, 3.63) is 16.1 Å². The molecule has 0 aromatic carbocycles. The lowest BCUT2D eigenvalue weighted by molar-refractivity contribution is 0.444. The summed E-state index contributed by atoms with van der Waals surface area (Å²) in [4.78, 5) is 4.32. The molecule has 1 heterocycles. The van der Waals surface area contributed by atoms with Crippen LogP contribution in [0.4, 0.5) is 0 Å². The second kappa shape index (κ2) is 7.64. The van der Waals surface area contributed by atoms with E-state index >= 15 is 0 Å². The third kappa shape index (κ3) is 5.99. The summed E-state index contributed by atoms with van der Waals surface area (Å²) in [6.07, 6.45) is 3.97. The highest BCUT2D eigenvalue weighted by Crippen LogP contribution is 2.18. The van der Waals surface area contributed by atoms with E-state index in [0.717, 1.165) is 23.7 Å². The Bertz CT molecular complexity index is 540. The van der Waals surface area contributed by atoms with Gasteiger partial charge in [-0.15, -0.1) is 11.3 Å². The molecule has 0 amide bonds. The highest BCUT2D eigenvalue weighted by atomic mass is 32.2. The molecule has 8 heteroatoms. The Morgan fingerprint density at radius 3 is 2.81 bits per heavy atom. The molecule has 0 bridgehead atoms. The predicted octanol–water partition coefficient (Wildman–Crippen LogP) is 0.902. The SMILES string of the molecule is Cc1nc(CCNS(=O)(=O)N(C)CCCNC2CC2)cs1. The maximum absolute atomic E-state index is 12.0. The van der Waals surface area contributed by atoms with E-state index in [1.165, 1.54) is 17.1 Å². The first-order valence-electron chi connectivity index (χ1n) is 7.33. The van der Waals surface area contributed by atoms with Crippen LogP contribution in [0.25, 0.3) is 0 Å². The van der Waals surface area contributed by atoms with Gasteiger partial charge in [0.15, 0.2) is 0 Å². The van der Waals surface area contributed by atoms with Gasteiger partial charge in [0.1, 0.15) is 0 Å². The van der Waals surface area contributed by atoms with Crippen molar-refractivity contribution >= 4 is 21.5 Å². The van der Waals surface area contributed by atoms with Crippen molar-refractivity contribution in [1.29, 1.82) is 0 Å². The van der Waals surface area contributed by atoms with E-state index in [0.29, 0.717) is 25.6 Å². The van der Waals surface area contributed by atoms with Crippen LogP contribution in [0, 0.1) is 6.92 Å². The van der Waals surface area contributed by atoms with Gasteiger partial charge >= 0.3 is 0 Å². The van der Waals surface area contributed by atoms with E-state index in [2.05, 4.69) is 15.0 Å². The van der Waals surface area contributed by atoms with Crippen LogP contribution in [0.2, 0.25) is 0 Å². The number of hydrogen-bond acceptors (Lipinski definition) is 5. The first-order valence-corrected chi connectivity index (χ1v) is 9.64. The summed E-state index contributed by atoms with van der Waals surface area (Å²) in [6, 6.07) is 0.673. The van der Waals surface area contributed by atoms with Crippen LogP contribution in [0.15, 0.2) is 5.38 Å². The molecule has 0 radical (unpaired) electrons. The summed E-state index contributed by atoms with van der Waals surface area (Å²) < 4.78 is 28.1. The molecule has 0 unspecified atom stereocenters.